The zero-order valence-electron chi connectivity index (χ0n) is 17.3. The number of nitrogens with one attached hydrogen (secondary N) is 2. The molecule has 3 aromatic rings. The van der Waals surface area contributed by atoms with Crippen molar-refractivity contribution in [2.75, 3.05) is 5.32 Å². The van der Waals surface area contributed by atoms with Crippen molar-refractivity contribution in [2.45, 2.75) is 49.2 Å². The average Bonchev–Trinajstić information content (AvgIpc) is 3.20. The second-order valence-electron chi connectivity index (χ2n) is 7.68. The highest BCUT2D eigenvalue weighted by Crippen LogP contribution is 2.36. The summed E-state index contributed by atoms with van der Waals surface area (Å²) in [5, 5.41) is 6.58. The molecule has 11 heteroatoms. The molecule has 0 unspecified atom stereocenters. The Morgan fingerprint density at radius 3 is 2.56 bits per heavy atom. The van der Waals surface area contributed by atoms with Crippen molar-refractivity contribution < 1.29 is 17.6 Å². The molecule has 4 rings (SSSR count). The van der Waals surface area contributed by atoms with Crippen LogP contribution >= 0.6 is 11.9 Å². The van der Waals surface area contributed by atoms with E-state index in [4.69, 9.17) is 0 Å². The molecule has 0 bridgehead atoms. The molecule has 2 aromatic heterocycles. The normalized spacial score (nSPS) is 15.2. The van der Waals surface area contributed by atoms with Gasteiger partial charge >= 0.3 is 6.18 Å². The topological polar surface area (TPSA) is 67.7 Å². The first-order valence-corrected chi connectivity index (χ1v) is 11.0. The maximum absolute atomic E-state index is 14.6. The first-order chi connectivity index (χ1) is 15.3. The van der Waals surface area contributed by atoms with Crippen LogP contribution in [0.5, 0.6) is 0 Å². The van der Waals surface area contributed by atoms with Gasteiger partial charge in [0.25, 0.3) is 0 Å². The van der Waals surface area contributed by atoms with Gasteiger partial charge in [0.2, 0.25) is 5.95 Å². The highest BCUT2D eigenvalue weighted by Gasteiger charge is 2.35. The second kappa shape index (κ2) is 9.45. The lowest BCUT2D eigenvalue weighted by atomic mass is 9.96. The summed E-state index contributed by atoms with van der Waals surface area (Å²) < 4.78 is 59.7. The molecule has 170 valence electrons. The van der Waals surface area contributed by atoms with Crippen molar-refractivity contribution in [3.05, 3.63) is 48.2 Å². The standard InChI is InChI=1S/C21H22F4N6S/c1-31-12-13(10-27-31)19-16(21(23,24)25)11-26-20(29-19)28-18-8-7-15(9-17(18)22)32-30-14-5-3-2-4-6-14/h7-12,14,30H,2-6H2,1H3,(H,26,28,29). The number of aryl methyl sites for hydroxylation is 1. The first kappa shape index (κ1) is 22.5. The van der Waals surface area contributed by atoms with Gasteiger partial charge in [-0.25, -0.2) is 14.4 Å². The van der Waals surface area contributed by atoms with E-state index in [1.807, 2.05) is 0 Å². The van der Waals surface area contributed by atoms with E-state index in [9.17, 15) is 17.6 Å². The van der Waals surface area contributed by atoms with Gasteiger partial charge in [0, 0.05) is 35.9 Å². The number of nitrogens with zero attached hydrogens (tertiary/aromatic N) is 4. The van der Waals surface area contributed by atoms with Crippen molar-refractivity contribution >= 4 is 23.6 Å². The predicted octanol–water partition coefficient (Wildman–Crippen LogP) is 5.71. The SMILES string of the molecule is Cn1cc(-c2nc(Nc3ccc(SNC4CCCCC4)cc3F)ncc2C(F)(F)F)cn1. The number of hydrogen-bond donors (Lipinski definition) is 2. The molecule has 0 spiro atoms. The van der Waals surface area contributed by atoms with Crippen LogP contribution in [0.15, 0.2) is 41.7 Å². The van der Waals surface area contributed by atoms with Gasteiger partial charge in [-0.05, 0) is 43.0 Å². The van der Waals surface area contributed by atoms with Crippen LogP contribution in [0.4, 0.5) is 29.2 Å². The van der Waals surface area contributed by atoms with Crippen LogP contribution in [0.3, 0.4) is 0 Å². The highest BCUT2D eigenvalue weighted by atomic mass is 32.2. The minimum atomic E-state index is -4.64. The van der Waals surface area contributed by atoms with Crippen LogP contribution in [0.2, 0.25) is 0 Å². The minimum absolute atomic E-state index is 0.0731. The first-order valence-electron chi connectivity index (χ1n) is 10.2. The van der Waals surface area contributed by atoms with E-state index < -0.39 is 17.6 Å². The fourth-order valence-electron chi connectivity index (χ4n) is 3.57. The largest absolute Gasteiger partial charge is 0.419 e. The maximum Gasteiger partial charge on any atom is 0.419 e. The number of aromatic nitrogens is 4. The lowest BCUT2D eigenvalue weighted by molar-refractivity contribution is -0.137. The third kappa shape index (κ3) is 5.39. The zero-order valence-corrected chi connectivity index (χ0v) is 18.1. The molecule has 6 nitrogen and oxygen atoms in total. The summed E-state index contributed by atoms with van der Waals surface area (Å²) in [6, 6.07) is 5.04. The van der Waals surface area contributed by atoms with Gasteiger partial charge in [-0.3, -0.25) is 9.40 Å². The smallest absolute Gasteiger partial charge is 0.322 e. The van der Waals surface area contributed by atoms with Crippen LogP contribution < -0.4 is 10.0 Å². The van der Waals surface area contributed by atoms with Gasteiger partial charge in [-0.15, -0.1) is 0 Å². The number of benzene rings is 1. The van der Waals surface area contributed by atoms with Crippen molar-refractivity contribution in [1.29, 1.82) is 0 Å². The van der Waals surface area contributed by atoms with Gasteiger partial charge in [0.1, 0.15) is 11.4 Å². The molecule has 1 aliphatic carbocycles. The van der Waals surface area contributed by atoms with Crippen LogP contribution in [0, 0.1) is 5.82 Å². The van der Waals surface area contributed by atoms with E-state index in [1.54, 1.807) is 13.1 Å². The molecule has 1 saturated carbocycles. The van der Waals surface area contributed by atoms with Gasteiger partial charge in [0.05, 0.1) is 17.6 Å². The summed E-state index contributed by atoms with van der Waals surface area (Å²) in [6.45, 7) is 0. The molecular weight excluding hydrogens is 444 g/mol. The van der Waals surface area contributed by atoms with E-state index in [0.29, 0.717) is 17.1 Å². The molecule has 1 fully saturated rings. The van der Waals surface area contributed by atoms with Crippen LogP contribution in [0.25, 0.3) is 11.3 Å². The summed E-state index contributed by atoms with van der Waals surface area (Å²) in [5.41, 5.74) is -1.06. The van der Waals surface area contributed by atoms with E-state index in [2.05, 4.69) is 25.1 Å². The summed E-state index contributed by atoms with van der Waals surface area (Å²) in [7, 11) is 1.59. The highest BCUT2D eigenvalue weighted by molar-refractivity contribution is 7.97. The monoisotopic (exact) mass is 466 g/mol. The Labute approximate surface area is 187 Å². The Hall–Kier alpha value is -2.66. The van der Waals surface area contributed by atoms with E-state index in [1.165, 1.54) is 60.4 Å². The van der Waals surface area contributed by atoms with Crippen LogP contribution in [-0.4, -0.2) is 25.8 Å². The maximum atomic E-state index is 14.6. The third-order valence-corrected chi connectivity index (χ3v) is 6.15. The number of halogens is 4. The van der Waals surface area contributed by atoms with Gasteiger partial charge in [-0.1, -0.05) is 19.3 Å². The molecule has 1 aliphatic rings. The Bertz CT molecular complexity index is 1080. The lowest BCUT2D eigenvalue weighted by Gasteiger charge is -2.22. The summed E-state index contributed by atoms with van der Waals surface area (Å²) in [4.78, 5) is 8.45. The molecule has 1 aromatic carbocycles. The van der Waals surface area contributed by atoms with E-state index in [0.717, 1.165) is 12.8 Å². The molecule has 0 aliphatic heterocycles. The molecule has 2 N–H and O–H groups in total. The third-order valence-electron chi connectivity index (χ3n) is 5.21. The molecule has 0 radical (unpaired) electrons. The molecular formula is C21H22F4N6S. The Morgan fingerprint density at radius 1 is 1.12 bits per heavy atom. The molecule has 0 saturated heterocycles. The number of anilines is 2. The Balaban J connectivity index is 1.52. The van der Waals surface area contributed by atoms with Crippen molar-refractivity contribution in [3.63, 3.8) is 0 Å². The lowest BCUT2D eigenvalue weighted by Crippen LogP contribution is -2.25. The molecule has 0 atom stereocenters. The fraction of sp³-hybridized carbons (Fsp3) is 0.381. The predicted molar refractivity (Wildman–Crippen MR) is 115 cm³/mol. The number of rotatable bonds is 6. The minimum Gasteiger partial charge on any atom is -0.322 e. The Morgan fingerprint density at radius 2 is 1.91 bits per heavy atom. The van der Waals surface area contributed by atoms with Gasteiger partial charge in [-0.2, -0.15) is 18.3 Å². The quantitative estimate of drug-likeness (QED) is 0.358. The van der Waals surface area contributed by atoms with Crippen molar-refractivity contribution in [3.8, 4) is 11.3 Å². The van der Waals surface area contributed by atoms with Crippen molar-refractivity contribution in [1.82, 2.24) is 24.5 Å². The summed E-state index contributed by atoms with van der Waals surface area (Å²) in [5.74, 6) is -0.691. The molecule has 0 amide bonds. The van der Waals surface area contributed by atoms with Crippen LogP contribution in [-0.2, 0) is 13.2 Å². The summed E-state index contributed by atoms with van der Waals surface area (Å²) in [6.07, 6.45) is 4.63. The Kier molecular flexibility index (Phi) is 6.66. The second-order valence-corrected chi connectivity index (χ2v) is 8.59. The molecule has 32 heavy (non-hydrogen) atoms. The number of hydrogen-bond acceptors (Lipinski definition) is 6. The van der Waals surface area contributed by atoms with E-state index in [-0.39, 0.29) is 22.9 Å². The van der Waals surface area contributed by atoms with E-state index >= 15 is 0 Å². The van der Waals surface area contributed by atoms with Crippen LogP contribution in [0.1, 0.15) is 37.7 Å². The summed E-state index contributed by atoms with van der Waals surface area (Å²) >= 11 is 1.38. The average molecular weight is 467 g/mol. The van der Waals surface area contributed by atoms with Crippen molar-refractivity contribution in [2.24, 2.45) is 7.05 Å². The number of alkyl halides is 3. The van der Waals surface area contributed by atoms with Gasteiger partial charge in [0.15, 0.2) is 0 Å². The molecule has 2 heterocycles. The fourth-order valence-corrected chi connectivity index (χ4v) is 4.40. The van der Waals surface area contributed by atoms with Gasteiger partial charge < -0.3 is 5.32 Å². The zero-order chi connectivity index (χ0) is 22.7.